The number of carbonyl (C=O) groups is 1. The average Bonchev–Trinajstić information content (AvgIpc) is 2.95. The normalized spacial score (nSPS) is 41.2. The third kappa shape index (κ3) is 1.86. The minimum absolute atomic E-state index is 0.0262. The lowest BCUT2D eigenvalue weighted by Crippen LogP contribution is -2.31. The van der Waals surface area contributed by atoms with Crippen LogP contribution in [0.5, 0.6) is 0 Å². The van der Waals surface area contributed by atoms with E-state index < -0.39 is 0 Å². The van der Waals surface area contributed by atoms with E-state index in [-0.39, 0.29) is 17.2 Å². The van der Waals surface area contributed by atoms with Crippen LogP contribution in [0.25, 0.3) is 0 Å². The monoisotopic (exact) mass is 254 g/mol. The summed E-state index contributed by atoms with van der Waals surface area (Å²) in [7, 11) is 0. The van der Waals surface area contributed by atoms with Gasteiger partial charge in [-0.05, 0) is 38.5 Å². The molecule has 0 N–H and O–H groups in total. The van der Waals surface area contributed by atoms with Crippen molar-refractivity contribution in [2.45, 2.75) is 45.3 Å². The fourth-order valence-electron chi connectivity index (χ4n) is 4.14. The van der Waals surface area contributed by atoms with Crippen LogP contribution >= 0.6 is 0 Å². The summed E-state index contributed by atoms with van der Waals surface area (Å²) < 4.78 is 16.8. The zero-order valence-corrected chi connectivity index (χ0v) is 11.2. The average molecular weight is 254 g/mol. The van der Waals surface area contributed by atoms with Gasteiger partial charge in [0, 0.05) is 12.8 Å². The van der Waals surface area contributed by atoms with Gasteiger partial charge in [-0.3, -0.25) is 4.79 Å². The second kappa shape index (κ2) is 4.20. The number of fused-ring (bicyclic) bond motifs is 1. The molecule has 1 saturated heterocycles. The summed E-state index contributed by atoms with van der Waals surface area (Å²) in [6, 6.07) is 0. The Morgan fingerprint density at radius 2 is 1.72 bits per heavy atom. The predicted octanol–water partition coefficient (Wildman–Crippen LogP) is 2.12. The van der Waals surface area contributed by atoms with Gasteiger partial charge in [0.05, 0.1) is 25.2 Å². The molecule has 18 heavy (non-hydrogen) atoms. The summed E-state index contributed by atoms with van der Waals surface area (Å²) in [4.78, 5) is 12.0. The second-order valence-corrected chi connectivity index (χ2v) is 6.23. The fourth-order valence-corrected chi connectivity index (χ4v) is 4.14. The Bertz CT molecular complexity index is 330. The van der Waals surface area contributed by atoms with E-state index in [0.717, 1.165) is 25.7 Å². The van der Waals surface area contributed by atoms with Crippen LogP contribution in [0.4, 0.5) is 0 Å². The van der Waals surface area contributed by atoms with Crippen molar-refractivity contribution in [2.75, 3.05) is 19.8 Å². The van der Waals surface area contributed by atoms with Crippen molar-refractivity contribution in [1.82, 2.24) is 0 Å². The molecule has 3 rings (SSSR count). The van der Waals surface area contributed by atoms with Crippen molar-refractivity contribution in [3.05, 3.63) is 0 Å². The van der Waals surface area contributed by atoms with Crippen LogP contribution in [0.1, 0.15) is 39.5 Å². The number of ether oxygens (including phenoxy) is 3. The molecule has 1 heterocycles. The number of rotatable bonds is 2. The van der Waals surface area contributed by atoms with Gasteiger partial charge in [-0.15, -0.1) is 0 Å². The molecule has 4 nitrogen and oxygen atoms in total. The van der Waals surface area contributed by atoms with Crippen molar-refractivity contribution in [2.24, 2.45) is 17.3 Å². The molecule has 2 aliphatic carbocycles. The van der Waals surface area contributed by atoms with Crippen LogP contribution < -0.4 is 0 Å². The standard InChI is InChI=1S/C14H22O4/c1-3-16-12(15)13(2)6-10-8-14(9-11(10)7-13)17-4-5-18-14/h10-11H,3-9H2,1-2H3/t10-,11+,13+. The summed E-state index contributed by atoms with van der Waals surface area (Å²) >= 11 is 0. The van der Waals surface area contributed by atoms with E-state index in [2.05, 4.69) is 0 Å². The third-order valence-electron chi connectivity index (χ3n) is 4.82. The molecule has 1 aliphatic heterocycles. The van der Waals surface area contributed by atoms with Crippen molar-refractivity contribution < 1.29 is 19.0 Å². The summed E-state index contributed by atoms with van der Waals surface area (Å²) in [5.41, 5.74) is -0.286. The lowest BCUT2D eigenvalue weighted by molar-refractivity contribution is -0.163. The number of hydrogen-bond acceptors (Lipinski definition) is 4. The van der Waals surface area contributed by atoms with Crippen LogP contribution in [-0.2, 0) is 19.0 Å². The topological polar surface area (TPSA) is 44.8 Å². The van der Waals surface area contributed by atoms with Gasteiger partial charge in [0.25, 0.3) is 0 Å². The summed E-state index contributed by atoms with van der Waals surface area (Å²) in [5.74, 6) is 0.766. The van der Waals surface area contributed by atoms with Gasteiger partial charge in [-0.1, -0.05) is 0 Å². The van der Waals surface area contributed by atoms with Crippen LogP contribution in [-0.4, -0.2) is 31.6 Å². The molecular weight excluding hydrogens is 232 g/mol. The molecule has 0 aromatic heterocycles. The first kappa shape index (κ1) is 12.4. The highest BCUT2D eigenvalue weighted by Crippen LogP contribution is 2.57. The first-order chi connectivity index (χ1) is 8.57. The molecule has 0 aromatic carbocycles. The van der Waals surface area contributed by atoms with Gasteiger partial charge in [-0.2, -0.15) is 0 Å². The molecule has 3 fully saturated rings. The Morgan fingerprint density at radius 1 is 1.17 bits per heavy atom. The fraction of sp³-hybridized carbons (Fsp3) is 0.929. The van der Waals surface area contributed by atoms with E-state index in [1.54, 1.807) is 0 Å². The first-order valence-corrected chi connectivity index (χ1v) is 7.02. The lowest BCUT2D eigenvalue weighted by Gasteiger charge is -2.27. The Balaban J connectivity index is 1.67. The van der Waals surface area contributed by atoms with Gasteiger partial charge in [0.1, 0.15) is 0 Å². The molecule has 4 heteroatoms. The van der Waals surface area contributed by atoms with E-state index in [1.165, 1.54) is 0 Å². The molecule has 1 spiro atoms. The highest BCUT2D eigenvalue weighted by atomic mass is 16.7. The zero-order valence-electron chi connectivity index (χ0n) is 11.2. The molecule has 0 bridgehead atoms. The summed E-state index contributed by atoms with van der Waals surface area (Å²) in [5, 5.41) is 0. The van der Waals surface area contributed by atoms with Gasteiger partial charge in [0.2, 0.25) is 0 Å². The molecule has 0 unspecified atom stereocenters. The van der Waals surface area contributed by atoms with Gasteiger partial charge in [-0.25, -0.2) is 0 Å². The third-order valence-corrected chi connectivity index (χ3v) is 4.82. The van der Waals surface area contributed by atoms with Crippen molar-refractivity contribution in [3.63, 3.8) is 0 Å². The summed E-state index contributed by atoms with van der Waals surface area (Å²) in [6.07, 6.45) is 3.75. The van der Waals surface area contributed by atoms with Gasteiger partial charge in [0.15, 0.2) is 5.79 Å². The van der Waals surface area contributed by atoms with Gasteiger partial charge < -0.3 is 14.2 Å². The van der Waals surface area contributed by atoms with E-state index >= 15 is 0 Å². The van der Waals surface area contributed by atoms with Crippen molar-refractivity contribution >= 4 is 5.97 Å². The Morgan fingerprint density at radius 3 is 2.22 bits per heavy atom. The molecule has 2 saturated carbocycles. The van der Waals surface area contributed by atoms with Crippen LogP contribution in [0.3, 0.4) is 0 Å². The van der Waals surface area contributed by atoms with E-state index in [0.29, 0.717) is 31.7 Å². The maximum absolute atomic E-state index is 12.0. The van der Waals surface area contributed by atoms with E-state index in [4.69, 9.17) is 14.2 Å². The maximum Gasteiger partial charge on any atom is 0.311 e. The largest absolute Gasteiger partial charge is 0.466 e. The minimum atomic E-state index is -0.314. The van der Waals surface area contributed by atoms with Crippen molar-refractivity contribution in [1.29, 1.82) is 0 Å². The number of hydrogen-bond donors (Lipinski definition) is 0. The number of carbonyl (C=O) groups excluding carboxylic acids is 1. The molecule has 0 radical (unpaired) electrons. The maximum atomic E-state index is 12.0. The molecular formula is C14H22O4. The lowest BCUT2D eigenvalue weighted by atomic mass is 9.85. The Labute approximate surface area is 108 Å². The summed E-state index contributed by atoms with van der Waals surface area (Å²) in [6.45, 7) is 5.82. The van der Waals surface area contributed by atoms with Crippen LogP contribution in [0, 0.1) is 17.3 Å². The van der Waals surface area contributed by atoms with Crippen molar-refractivity contribution in [3.8, 4) is 0 Å². The zero-order chi connectivity index (χ0) is 12.8. The molecule has 3 aliphatic rings. The van der Waals surface area contributed by atoms with Crippen LogP contribution in [0.2, 0.25) is 0 Å². The highest BCUT2D eigenvalue weighted by molar-refractivity contribution is 5.76. The smallest absolute Gasteiger partial charge is 0.311 e. The second-order valence-electron chi connectivity index (χ2n) is 6.23. The molecule has 3 atom stereocenters. The molecule has 0 aromatic rings. The minimum Gasteiger partial charge on any atom is -0.466 e. The quantitative estimate of drug-likeness (QED) is 0.708. The Hall–Kier alpha value is -0.610. The molecule has 0 amide bonds. The molecule has 102 valence electrons. The van der Waals surface area contributed by atoms with Crippen LogP contribution in [0.15, 0.2) is 0 Å². The highest BCUT2D eigenvalue weighted by Gasteiger charge is 2.57. The first-order valence-electron chi connectivity index (χ1n) is 7.02. The Kier molecular flexibility index (Phi) is 2.90. The SMILES string of the molecule is CCOC(=O)[C@]1(C)C[C@H]2CC3(C[C@H]2C1)OCCO3. The van der Waals surface area contributed by atoms with Gasteiger partial charge >= 0.3 is 5.97 Å². The van der Waals surface area contributed by atoms with E-state index in [9.17, 15) is 4.79 Å². The number of esters is 1. The predicted molar refractivity (Wildman–Crippen MR) is 64.8 cm³/mol. The van der Waals surface area contributed by atoms with E-state index in [1.807, 2.05) is 13.8 Å².